The van der Waals surface area contributed by atoms with Gasteiger partial charge in [-0.25, -0.2) is 0 Å². The van der Waals surface area contributed by atoms with Crippen LogP contribution in [0.2, 0.25) is 0 Å². The normalized spacial score (nSPS) is 13.1. The van der Waals surface area contributed by atoms with Crippen LogP contribution in [0.4, 0.5) is 11.4 Å². The Labute approximate surface area is 157 Å². The first kappa shape index (κ1) is 16.9. The quantitative estimate of drug-likeness (QED) is 0.711. The SMILES string of the molecule is CC(Nc1ccnc(C(=O)Nc2ccc3c(c2)OCO3)c1)c1ccccc1. The molecule has 1 unspecified atom stereocenters. The highest BCUT2D eigenvalue weighted by molar-refractivity contribution is 6.03. The molecule has 0 bridgehead atoms. The maximum absolute atomic E-state index is 12.5. The van der Waals surface area contributed by atoms with Crippen molar-refractivity contribution in [2.75, 3.05) is 17.4 Å². The largest absolute Gasteiger partial charge is 0.454 e. The number of benzene rings is 2. The fourth-order valence-corrected chi connectivity index (χ4v) is 2.89. The summed E-state index contributed by atoms with van der Waals surface area (Å²) in [5.41, 5.74) is 2.96. The predicted molar refractivity (Wildman–Crippen MR) is 103 cm³/mol. The lowest BCUT2D eigenvalue weighted by Crippen LogP contribution is -2.14. The third-order valence-corrected chi connectivity index (χ3v) is 4.31. The van der Waals surface area contributed by atoms with E-state index in [0.29, 0.717) is 22.9 Å². The summed E-state index contributed by atoms with van der Waals surface area (Å²) in [5, 5.41) is 6.23. The number of carbonyl (C=O) groups excluding carboxylic acids is 1. The Hall–Kier alpha value is -3.54. The second-order valence-electron chi connectivity index (χ2n) is 6.23. The van der Waals surface area contributed by atoms with Gasteiger partial charge in [0.05, 0.1) is 0 Å². The van der Waals surface area contributed by atoms with Gasteiger partial charge in [-0.3, -0.25) is 9.78 Å². The molecule has 0 saturated heterocycles. The molecule has 2 N–H and O–H groups in total. The first-order valence-electron chi connectivity index (χ1n) is 8.67. The molecule has 1 amide bonds. The summed E-state index contributed by atoms with van der Waals surface area (Å²) < 4.78 is 10.6. The van der Waals surface area contributed by atoms with Crippen molar-refractivity contribution in [3.8, 4) is 11.5 Å². The van der Waals surface area contributed by atoms with Crippen LogP contribution in [-0.2, 0) is 0 Å². The molecule has 27 heavy (non-hydrogen) atoms. The van der Waals surface area contributed by atoms with E-state index in [2.05, 4.69) is 34.7 Å². The van der Waals surface area contributed by atoms with E-state index in [-0.39, 0.29) is 18.7 Å². The van der Waals surface area contributed by atoms with Gasteiger partial charge in [0, 0.05) is 29.7 Å². The van der Waals surface area contributed by atoms with Crippen molar-refractivity contribution in [3.63, 3.8) is 0 Å². The van der Waals surface area contributed by atoms with Crippen molar-refractivity contribution < 1.29 is 14.3 Å². The number of nitrogens with one attached hydrogen (secondary N) is 2. The van der Waals surface area contributed by atoms with Crippen LogP contribution in [0.25, 0.3) is 0 Å². The number of carbonyl (C=O) groups is 1. The van der Waals surface area contributed by atoms with Crippen LogP contribution < -0.4 is 20.1 Å². The minimum Gasteiger partial charge on any atom is -0.454 e. The van der Waals surface area contributed by atoms with Crippen LogP contribution in [0.5, 0.6) is 11.5 Å². The number of ether oxygens (including phenoxy) is 2. The van der Waals surface area contributed by atoms with E-state index in [1.54, 1.807) is 30.5 Å². The van der Waals surface area contributed by atoms with Crippen molar-refractivity contribution in [1.29, 1.82) is 0 Å². The predicted octanol–water partition coefficient (Wildman–Crippen LogP) is 4.24. The molecule has 0 aliphatic carbocycles. The van der Waals surface area contributed by atoms with E-state index in [0.717, 1.165) is 5.69 Å². The molecule has 1 aromatic heterocycles. The number of amides is 1. The van der Waals surface area contributed by atoms with Crippen LogP contribution in [0, 0.1) is 0 Å². The van der Waals surface area contributed by atoms with E-state index in [1.807, 2.05) is 24.3 Å². The van der Waals surface area contributed by atoms with Gasteiger partial charge in [-0.15, -0.1) is 0 Å². The Morgan fingerprint density at radius 3 is 2.67 bits per heavy atom. The van der Waals surface area contributed by atoms with E-state index < -0.39 is 0 Å². The van der Waals surface area contributed by atoms with Crippen molar-refractivity contribution in [3.05, 3.63) is 78.1 Å². The van der Waals surface area contributed by atoms with Crippen LogP contribution in [0.3, 0.4) is 0 Å². The molecule has 0 fully saturated rings. The van der Waals surface area contributed by atoms with E-state index in [1.165, 1.54) is 5.56 Å². The molecule has 2 heterocycles. The molecule has 136 valence electrons. The lowest BCUT2D eigenvalue weighted by molar-refractivity contribution is 0.102. The second kappa shape index (κ2) is 7.37. The van der Waals surface area contributed by atoms with Crippen LogP contribution in [0.15, 0.2) is 66.9 Å². The van der Waals surface area contributed by atoms with Gasteiger partial charge in [-0.1, -0.05) is 30.3 Å². The fraction of sp³-hybridized carbons (Fsp3) is 0.143. The Balaban J connectivity index is 1.46. The standard InChI is InChI=1S/C21H19N3O3/c1-14(15-5-3-2-4-6-15)23-17-9-10-22-18(11-17)21(25)24-16-7-8-19-20(12-16)27-13-26-19/h2-12,14H,13H2,1H3,(H,22,23)(H,24,25). The Morgan fingerprint density at radius 2 is 1.81 bits per heavy atom. The summed E-state index contributed by atoms with van der Waals surface area (Å²) in [4.78, 5) is 16.7. The average molecular weight is 361 g/mol. The summed E-state index contributed by atoms with van der Waals surface area (Å²) in [6.45, 7) is 2.27. The molecule has 0 spiro atoms. The number of pyridine rings is 1. The van der Waals surface area contributed by atoms with Crippen molar-refractivity contribution >= 4 is 17.3 Å². The third-order valence-electron chi connectivity index (χ3n) is 4.31. The Kier molecular flexibility index (Phi) is 4.61. The van der Waals surface area contributed by atoms with Gasteiger partial charge in [0.1, 0.15) is 5.69 Å². The molecule has 1 aliphatic heterocycles. The highest BCUT2D eigenvalue weighted by Gasteiger charge is 2.15. The molecule has 1 atom stereocenters. The summed E-state index contributed by atoms with van der Waals surface area (Å²) in [6, 6.07) is 19.1. The summed E-state index contributed by atoms with van der Waals surface area (Å²) in [5.74, 6) is 1.00. The van der Waals surface area contributed by atoms with Crippen molar-refractivity contribution in [2.45, 2.75) is 13.0 Å². The van der Waals surface area contributed by atoms with Crippen LogP contribution in [-0.4, -0.2) is 17.7 Å². The highest BCUT2D eigenvalue weighted by atomic mass is 16.7. The molecule has 4 rings (SSSR count). The molecule has 0 radical (unpaired) electrons. The van der Waals surface area contributed by atoms with Gasteiger partial charge >= 0.3 is 0 Å². The molecule has 2 aromatic carbocycles. The number of nitrogens with zero attached hydrogens (tertiary/aromatic N) is 1. The van der Waals surface area contributed by atoms with Gasteiger partial charge in [0.15, 0.2) is 11.5 Å². The zero-order valence-electron chi connectivity index (χ0n) is 14.8. The van der Waals surface area contributed by atoms with E-state index >= 15 is 0 Å². The van der Waals surface area contributed by atoms with Crippen LogP contribution >= 0.6 is 0 Å². The number of aromatic nitrogens is 1. The second-order valence-corrected chi connectivity index (χ2v) is 6.23. The summed E-state index contributed by atoms with van der Waals surface area (Å²) >= 11 is 0. The van der Waals surface area contributed by atoms with Gasteiger partial charge in [-0.05, 0) is 36.8 Å². The molecular formula is C21H19N3O3. The Morgan fingerprint density at radius 1 is 1.00 bits per heavy atom. The lowest BCUT2D eigenvalue weighted by atomic mass is 10.1. The number of rotatable bonds is 5. The maximum atomic E-state index is 12.5. The molecule has 1 aliphatic rings. The zero-order chi connectivity index (χ0) is 18.6. The smallest absolute Gasteiger partial charge is 0.274 e. The molecule has 3 aromatic rings. The van der Waals surface area contributed by atoms with Gasteiger partial charge < -0.3 is 20.1 Å². The van der Waals surface area contributed by atoms with E-state index in [9.17, 15) is 4.79 Å². The number of hydrogen-bond donors (Lipinski definition) is 2. The summed E-state index contributed by atoms with van der Waals surface area (Å²) in [7, 11) is 0. The zero-order valence-corrected chi connectivity index (χ0v) is 14.8. The highest BCUT2D eigenvalue weighted by Crippen LogP contribution is 2.34. The third kappa shape index (κ3) is 3.84. The molecule has 0 saturated carbocycles. The number of hydrogen-bond acceptors (Lipinski definition) is 5. The molecular weight excluding hydrogens is 342 g/mol. The maximum Gasteiger partial charge on any atom is 0.274 e. The molecule has 6 nitrogen and oxygen atoms in total. The lowest BCUT2D eigenvalue weighted by Gasteiger charge is -2.16. The van der Waals surface area contributed by atoms with Crippen molar-refractivity contribution in [1.82, 2.24) is 4.98 Å². The average Bonchev–Trinajstić information content (AvgIpc) is 3.16. The van der Waals surface area contributed by atoms with Gasteiger partial charge in [0.25, 0.3) is 5.91 Å². The van der Waals surface area contributed by atoms with Gasteiger partial charge in [-0.2, -0.15) is 0 Å². The summed E-state index contributed by atoms with van der Waals surface area (Å²) in [6.07, 6.45) is 1.62. The van der Waals surface area contributed by atoms with Crippen LogP contribution in [0.1, 0.15) is 29.0 Å². The number of anilines is 2. The Bertz CT molecular complexity index is 960. The monoisotopic (exact) mass is 361 g/mol. The topological polar surface area (TPSA) is 72.5 Å². The fourth-order valence-electron chi connectivity index (χ4n) is 2.89. The van der Waals surface area contributed by atoms with Crippen molar-refractivity contribution in [2.24, 2.45) is 0 Å². The minimum atomic E-state index is -0.287. The first-order chi connectivity index (χ1) is 13.2. The molecule has 6 heteroatoms. The van der Waals surface area contributed by atoms with E-state index in [4.69, 9.17) is 9.47 Å². The minimum absolute atomic E-state index is 0.110. The van der Waals surface area contributed by atoms with Gasteiger partial charge in [0.2, 0.25) is 6.79 Å². The number of fused-ring (bicyclic) bond motifs is 1. The first-order valence-corrected chi connectivity index (χ1v) is 8.67.